The van der Waals surface area contributed by atoms with Gasteiger partial charge in [-0.1, -0.05) is 17.7 Å². The van der Waals surface area contributed by atoms with E-state index in [-0.39, 0.29) is 12.4 Å². The number of rotatable bonds is 4. The second kappa shape index (κ2) is 6.03. The molecular formula is C17H15NO2. The van der Waals surface area contributed by atoms with E-state index in [4.69, 9.17) is 10.00 Å². The molecule has 20 heavy (non-hydrogen) atoms. The summed E-state index contributed by atoms with van der Waals surface area (Å²) in [5, 5.41) is 8.71. The number of ether oxygens (including phenoxy) is 1. The quantitative estimate of drug-likeness (QED) is 0.796. The molecule has 0 radical (unpaired) electrons. The standard InChI is InChI=1S/C17H15NO2/c1-12-3-8-17(13(2)9-12)20-11-16(19)15-6-4-14(10-18)5-7-15/h3-9H,11H2,1-2H3. The number of hydrogen-bond acceptors (Lipinski definition) is 3. The van der Waals surface area contributed by atoms with Gasteiger partial charge in [-0.25, -0.2) is 0 Å². The third kappa shape index (κ3) is 3.24. The minimum absolute atomic E-state index is 0.00417. The van der Waals surface area contributed by atoms with Crippen LogP contribution < -0.4 is 4.74 Å². The number of aryl methyl sites for hydroxylation is 2. The molecule has 0 saturated heterocycles. The summed E-state index contributed by atoms with van der Waals surface area (Å²) >= 11 is 0. The molecule has 0 aliphatic heterocycles. The highest BCUT2D eigenvalue weighted by Crippen LogP contribution is 2.19. The Bertz CT molecular complexity index is 666. The van der Waals surface area contributed by atoms with Crippen LogP contribution in [-0.4, -0.2) is 12.4 Å². The van der Waals surface area contributed by atoms with Crippen molar-refractivity contribution in [3.05, 3.63) is 64.7 Å². The number of carbonyl (C=O) groups excluding carboxylic acids is 1. The van der Waals surface area contributed by atoms with E-state index < -0.39 is 0 Å². The van der Waals surface area contributed by atoms with Crippen LogP contribution in [0, 0.1) is 25.2 Å². The molecule has 0 amide bonds. The fourth-order valence-corrected chi connectivity index (χ4v) is 1.92. The van der Waals surface area contributed by atoms with Crippen molar-refractivity contribution in [1.29, 1.82) is 5.26 Å². The van der Waals surface area contributed by atoms with Crippen LogP contribution in [0.1, 0.15) is 27.0 Å². The van der Waals surface area contributed by atoms with Gasteiger partial charge in [-0.3, -0.25) is 4.79 Å². The molecule has 100 valence electrons. The Hall–Kier alpha value is -2.60. The molecule has 0 spiro atoms. The molecule has 0 aliphatic rings. The maximum Gasteiger partial charge on any atom is 0.200 e. The van der Waals surface area contributed by atoms with Crippen LogP contribution in [0.15, 0.2) is 42.5 Å². The summed E-state index contributed by atoms with van der Waals surface area (Å²) in [5.41, 5.74) is 3.26. The van der Waals surface area contributed by atoms with Crippen molar-refractivity contribution in [2.75, 3.05) is 6.61 Å². The molecule has 0 aliphatic carbocycles. The lowest BCUT2D eigenvalue weighted by atomic mass is 10.1. The molecule has 0 heterocycles. The van der Waals surface area contributed by atoms with Crippen LogP contribution >= 0.6 is 0 Å². The highest BCUT2D eigenvalue weighted by atomic mass is 16.5. The average molecular weight is 265 g/mol. The first-order chi connectivity index (χ1) is 9.60. The van der Waals surface area contributed by atoms with E-state index in [0.29, 0.717) is 11.1 Å². The number of carbonyl (C=O) groups is 1. The number of nitriles is 1. The molecule has 3 nitrogen and oxygen atoms in total. The predicted molar refractivity (Wildman–Crippen MR) is 76.9 cm³/mol. The SMILES string of the molecule is Cc1ccc(OCC(=O)c2ccc(C#N)cc2)c(C)c1. The zero-order valence-corrected chi connectivity index (χ0v) is 11.5. The molecule has 0 bridgehead atoms. The molecule has 2 aromatic rings. The van der Waals surface area contributed by atoms with Gasteiger partial charge in [-0.05, 0) is 49.7 Å². The molecule has 0 N–H and O–H groups in total. The highest BCUT2D eigenvalue weighted by molar-refractivity contribution is 5.97. The lowest BCUT2D eigenvalue weighted by molar-refractivity contribution is 0.0921. The smallest absolute Gasteiger partial charge is 0.200 e. The lowest BCUT2D eigenvalue weighted by Gasteiger charge is -2.09. The Morgan fingerprint density at radius 1 is 1.15 bits per heavy atom. The zero-order valence-electron chi connectivity index (χ0n) is 11.5. The van der Waals surface area contributed by atoms with Crippen molar-refractivity contribution >= 4 is 5.78 Å². The summed E-state index contributed by atoms with van der Waals surface area (Å²) < 4.78 is 5.55. The summed E-state index contributed by atoms with van der Waals surface area (Å²) in [5.74, 6) is 0.618. The fourth-order valence-electron chi connectivity index (χ4n) is 1.92. The van der Waals surface area contributed by atoms with E-state index in [2.05, 4.69) is 0 Å². The number of benzene rings is 2. The van der Waals surface area contributed by atoms with E-state index in [0.717, 1.165) is 16.9 Å². The van der Waals surface area contributed by atoms with Crippen molar-refractivity contribution in [2.24, 2.45) is 0 Å². The maximum atomic E-state index is 12.0. The van der Waals surface area contributed by atoms with Gasteiger partial charge in [0.15, 0.2) is 12.4 Å². The molecule has 3 heteroatoms. The largest absolute Gasteiger partial charge is 0.485 e. The molecule has 0 fully saturated rings. The maximum absolute atomic E-state index is 12.0. The average Bonchev–Trinajstić information content (AvgIpc) is 2.46. The van der Waals surface area contributed by atoms with E-state index in [1.807, 2.05) is 38.1 Å². The summed E-state index contributed by atoms with van der Waals surface area (Å²) in [4.78, 5) is 12.0. The van der Waals surface area contributed by atoms with E-state index in [1.54, 1.807) is 24.3 Å². The van der Waals surface area contributed by atoms with Crippen LogP contribution in [0.5, 0.6) is 5.75 Å². The first-order valence-corrected chi connectivity index (χ1v) is 6.33. The lowest BCUT2D eigenvalue weighted by Crippen LogP contribution is -2.12. The van der Waals surface area contributed by atoms with Crippen molar-refractivity contribution < 1.29 is 9.53 Å². The van der Waals surface area contributed by atoms with E-state index in [9.17, 15) is 4.79 Å². The summed E-state index contributed by atoms with van der Waals surface area (Å²) in [6, 6.07) is 14.4. The number of ketones is 1. The molecule has 0 aromatic heterocycles. The van der Waals surface area contributed by atoms with Gasteiger partial charge in [0.05, 0.1) is 11.6 Å². The van der Waals surface area contributed by atoms with Crippen molar-refractivity contribution in [1.82, 2.24) is 0 Å². The van der Waals surface area contributed by atoms with Crippen LogP contribution in [0.2, 0.25) is 0 Å². The Balaban J connectivity index is 2.03. The minimum Gasteiger partial charge on any atom is -0.485 e. The number of hydrogen-bond donors (Lipinski definition) is 0. The van der Waals surface area contributed by atoms with Gasteiger partial charge in [0, 0.05) is 5.56 Å². The first-order valence-electron chi connectivity index (χ1n) is 6.33. The molecule has 2 aromatic carbocycles. The van der Waals surface area contributed by atoms with Crippen LogP contribution in [-0.2, 0) is 0 Å². The highest BCUT2D eigenvalue weighted by Gasteiger charge is 2.08. The van der Waals surface area contributed by atoms with Crippen molar-refractivity contribution in [3.63, 3.8) is 0 Å². The van der Waals surface area contributed by atoms with Gasteiger partial charge in [-0.2, -0.15) is 5.26 Å². The van der Waals surface area contributed by atoms with E-state index >= 15 is 0 Å². The Morgan fingerprint density at radius 2 is 1.85 bits per heavy atom. The topological polar surface area (TPSA) is 50.1 Å². The van der Waals surface area contributed by atoms with Crippen LogP contribution in [0.3, 0.4) is 0 Å². The second-order valence-electron chi connectivity index (χ2n) is 4.67. The molecule has 2 rings (SSSR count). The predicted octanol–water partition coefficient (Wildman–Crippen LogP) is 3.44. The van der Waals surface area contributed by atoms with Crippen molar-refractivity contribution in [3.8, 4) is 11.8 Å². The van der Waals surface area contributed by atoms with Gasteiger partial charge < -0.3 is 4.74 Å². The van der Waals surface area contributed by atoms with Crippen LogP contribution in [0.25, 0.3) is 0 Å². The van der Waals surface area contributed by atoms with Gasteiger partial charge in [0.2, 0.25) is 0 Å². The Kier molecular flexibility index (Phi) is 4.17. The Morgan fingerprint density at radius 3 is 2.45 bits per heavy atom. The number of Topliss-reactive ketones (excluding diaryl/α,β-unsaturated/α-hetero) is 1. The van der Waals surface area contributed by atoms with Gasteiger partial charge >= 0.3 is 0 Å². The van der Waals surface area contributed by atoms with E-state index in [1.165, 1.54) is 0 Å². The summed E-state index contributed by atoms with van der Waals surface area (Å²) in [6.45, 7) is 3.96. The zero-order chi connectivity index (χ0) is 14.5. The van der Waals surface area contributed by atoms with Gasteiger partial charge in [0.25, 0.3) is 0 Å². The normalized spacial score (nSPS) is 9.85. The van der Waals surface area contributed by atoms with Gasteiger partial charge in [-0.15, -0.1) is 0 Å². The fraction of sp³-hybridized carbons (Fsp3) is 0.176. The molecular weight excluding hydrogens is 250 g/mol. The first kappa shape index (κ1) is 13.8. The third-order valence-electron chi connectivity index (χ3n) is 3.03. The van der Waals surface area contributed by atoms with Crippen molar-refractivity contribution in [2.45, 2.75) is 13.8 Å². The minimum atomic E-state index is -0.102. The summed E-state index contributed by atoms with van der Waals surface area (Å²) in [7, 11) is 0. The van der Waals surface area contributed by atoms with Gasteiger partial charge in [0.1, 0.15) is 5.75 Å². The second-order valence-corrected chi connectivity index (χ2v) is 4.67. The Labute approximate surface area is 118 Å². The number of nitrogens with zero attached hydrogens (tertiary/aromatic N) is 1. The summed E-state index contributed by atoms with van der Waals surface area (Å²) in [6.07, 6.45) is 0. The molecule has 0 saturated carbocycles. The third-order valence-corrected chi connectivity index (χ3v) is 3.03. The molecule has 0 unspecified atom stereocenters. The molecule has 0 atom stereocenters. The monoisotopic (exact) mass is 265 g/mol. The van der Waals surface area contributed by atoms with Crippen LogP contribution in [0.4, 0.5) is 0 Å².